The smallest absolute Gasteiger partial charge is 0.100 e. The number of hydrogen-bond donors (Lipinski definition) is 2. The number of rotatable bonds is 31. The van der Waals surface area contributed by atoms with Gasteiger partial charge in [0.25, 0.3) is 0 Å². The van der Waals surface area contributed by atoms with Gasteiger partial charge in [-0.15, -0.1) is 0 Å². The number of ether oxygens (including phenoxy) is 1. The molecule has 0 saturated heterocycles. The molecular weight excluding hydrogens is 444 g/mol. The van der Waals surface area contributed by atoms with Crippen LogP contribution in [0.5, 0.6) is 0 Å². The Hall–Kier alpha value is -0.120. The van der Waals surface area contributed by atoms with Gasteiger partial charge in [0.1, 0.15) is 6.10 Å². The number of aliphatic hydroxyl groups excluding tert-OH is 2. The summed E-state index contributed by atoms with van der Waals surface area (Å²) >= 11 is 0. The highest BCUT2D eigenvalue weighted by Crippen LogP contribution is 2.20. The molecule has 0 radical (unpaired) electrons. The first-order chi connectivity index (χ1) is 17.7. The quantitative estimate of drug-likeness (QED) is 0.0908. The van der Waals surface area contributed by atoms with Crippen LogP contribution in [0.3, 0.4) is 0 Å². The monoisotopic (exact) mass is 513 g/mol. The fourth-order valence-corrected chi connectivity index (χ4v) is 5.28. The molecule has 0 heterocycles. The molecule has 36 heavy (non-hydrogen) atoms. The minimum atomic E-state index is -0.732. The summed E-state index contributed by atoms with van der Waals surface area (Å²) in [5.74, 6) is 0.613. The summed E-state index contributed by atoms with van der Waals surface area (Å²) in [7, 11) is 0. The van der Waals surface area contributed by atoms with E-state index in [-0.39, 0.29) is 13.2 Å². The second-order valence-corrected chi connectivity index (χ2v) is 11.6. The van der Waals surface area contributed by atoms with Gasteiger partial charge in [-0.1, -0.05) is 168 Å². The summed E-state index contributed by atoms with van der Waals surface area (Å²) in [5.41, 5.74) is 0. The van der Waals surface area contributed by atoms with Crippen LogP contribution in [0.1, 0.15) is 181 Å². The van der Waals surface area contributed by atoms with Crippen molar-refractivity contribution in [2.75, 3.05) is 19.8 Å². The SMILES string of the molecule is CCCCCCCCCCCCCCC(CCCCCCCCCCCCCC)COC[C@@H](O)CO. The maximum atomic E-state index is 9.57. The molecule has 0 amide bonds. The number of hydrogen-bond acceptors (Lipinski definition) is 3. The van der Waals surface area contributed by atoms with Crippen molar-refractivity contribution in [3.63, 3.8) is 0 Å². The van der Waals surface area contributed by atoms with E-state index in [4.69, 9.17) is 9.84 Å². The van der Waals surface area contributed by atoms with Crippen LogP contribution in [0.25, 0.3) is 0 Å². The summed E-state index contributed by atoms with van der Waals surface area (Å²) < 4.78 is 5.75. The zero-order chi connectivity index (χ0) is 26.4. The lowest BCUT2D eigenvalue weighted by Gasteiger charge is -2.18. The molecule has 218 valence electrons. The van der Waals surface area contributed by atoms with Crippen molar-refractivity contribution in [3.05, 3.63) is 0 Å². The van der Waals surface area contributed by atoms with E-state index in [0.29, 0.717) is 5.92 Å². The Morgan fingerprint density at radius 3 is 1.06 bits per heavy atom. The van der Waals surface area contributed by atoms with Gasteiger partial charge in [-0.2, -0.15) is 0 Å². The summed E-state index contributed by atoms with van der Waals surface area (Å²) in [6, 6.07) is 0. The van der Waals surface area contributed by atoms with Crippen molar-refractivity contribution >= 4 is 0 Å². The number of aliphatic hydroxyl groups is 2. The van der Waals surface area contributed by atoms with E-state index < -0.39 is 6.10 Å². The predicted octanol–water partition coefficient (Wildman–Crippen LogP) is 10.2. The Labute approximate surface area is 227 Å². The highest BCUT2D eigenvalue weighted by molar-refractivity contribution is 4.62. The van der Waals surface area contributed by atoms with Crippen LogP contribution < -0.4 is 0 Å². The second-order valence-electron chi connectivity index (χ2n) is 11.6. The largest absolute Gasteiger partial charge is 0.394 e. The fraction of sp³-hybridized carbons (Fsp3) is 1.00. The summed E-state index contributed by atoms with van der Waals surface area (Å²) in [6.07, 6.45) is 35.3. The van der Waals surface area contributed by atoms with E-state index in [9.17, 15) is 5.11 Å². The minimum absolute atomic E-state index is 0.206. The van der Waals surface area contributed by atoms with Gasteiger partial charge in [0.2, 0.25) is 0 Å². The fourth-order valence-electron chi connectivity index (χ4n) is 5.28. The van der Waals surface area contributed by atoms with Crippen LogP contribution in [0.2, 0.25) is 0 Å². The zero-order valence-electron chi connectivity index (χ0n) is 25.0. The molecule has 3 nitrogen and oxygen atoms in total. The molecule has 0 unspecified atom stereocenters. The van der Waals surface area contributed by atoms with Crippen molar-refractivity contribution in [1.29, 1.82) is 0 Å². The lowest BCUT2D eigenvalue weighted by atomic mass is 9.94. The van der Waals surface area contributed by atoms with Gasteiger partial charge in [-0.05, 0) is 18.8 Å². The van der Waals surface area contributed by atoms with Gasteiger partial charge in [-0.25, -0.2) is 0 Å². The van der Waals surface area contributed by atoms with Gasteiger partial charge in [0.05, 0.1) is 13.2 Å². The molecule has 0 aliphatic heterocycles. The van der Waals surface area contributed by atoms with Gasteiger partial charge in [-0.3, -0.25) is 0 Å². The lowest BCUT2D eigenvalue weighted by molar-refractivity contribution is -0.00677. The Morgan fingerprint density at radius 2 is 0.750 bits per heavy atom. The average molecular weight is 513 g/mol. The van der Waals surface area contributed by atoms with Crippen LogP contribution in [-0.2, 0) is 4.74 Å². The Kier molecular flexibility index (Phi) is 31.0. The van der Waals surface area contributed by atoms with E-state index in [1.807, 2.05) is 0 Å². The van der Waals surface area contributed by atoms with Crippen LogP contribution >= 0.6 is 0 Å². The van der Waals surface area contributed by atoms with Crippen LogP contribution in [0.15, 0.2) is 0 Å². The first-order valence-electron chi connectivity index (χ1n) is 16.6. The maximum absolute atomic E-state index is 9.57. The molecule has 0 fully saturated rings. The standard InChI is InChI=1S/C33H68O3/c1-3-5-7-9-11-13-15-17-19-21-23-25-27-32(30-36-31-33(35)29-34)28-26-24-22-20-18-16-14-12-10-8-6-4-2/h32-35H,3-31H2,1-2H3/t33-/m0/s1. The molecule has 0 aliphatic rings. The molecule has 0 saturated carbocycles. The second kappa shape index (κ2) is 31.1. The van der Waals surface area contributed by atoms with Crippen LogP contribution in [0.4, 0.5) is 0 Å². The normalized spacial score (nSPS) is 12.6. The van der Waals surface area contributed by atoms with Gasteiger partial charge in [0, 0.05) is 6.61 Å². The Morgan fingerprint density at radius 1 is 0.444 bits per heavy atom. The summed E-state index contributed by atoms with van der Waals surface area (Å²) in [4.78, 5) is 0. The van der Waals surface area contributed by atoms with Crippen molar-refractivity contribution in [2.24, 2.45) is 5.92 Å². The third-order valence-corrected chi connectivity index (χ3v) is 7.81. The van der Waals surface area contributed by atoms with Gasteiger partial charge >= 0.3 is 0 Å². The van der Waals surface area contributed by atoms with Crippen molar-refractivity contribution in [1.82, 2.24) is 0 Å². The van der Waals surface area contributed by atoms with Gasteiger partial charge in [0.15, 0.2) is 0 Å². The van der Waals surface area contributed by atoms with Crippen LogP contribution in [-0.4, -0.2) is 36.1 Å². The highest BCUT2D eigenvalue weighted by Gasteiger charge is 2.11. The molecule has 0 aliphatic carbocycles. The molecule has 0 spiro atoms. The molecule has 1 atom stereocenters. The number of unbranched alkanes of at least 4 members (excludes halogenated alkanes) is 22. The zero-order valence-corrected chi connectivity index (χ0v) is 25.0. The molecule has 0 aromatic heterocycles. The average Bonchev–Trinajstić information content (AvgIpc) is 2.89. The van der Waals surface area contributed by atoms with Crippen molar-refractivity contribution in [3.8, 4) is 0 Å². The van der Waals surface area contributed by atoms with Crippen molar-refractivity contribution in [2.45, 2.75) is 187 Å². The van der Waals surface area contributed by atoms with Crippen LogP contribution in [0, 0.1) is 5.92 Å². The lowest BCUT2D eigenvalue weighted by Crippen LogP contribution is -2.22. The highest BCUT2D eigenvalue weighted by atomic mass is 16.5. The molecular formula is C33H68O3. The Balaban J connectivity index is 3.75. The Bertz CT molecular complexity index is 359. The molecule has 0 aromatic rings. The third kappa shape index (κ3) is 28.5. The first-order valence-corrected chi connectivity index (χ1v) is 16.6. The predicted molar refractivity (Wildman–Crippen MR) is 159 cm³/mol. The third-order valence-electron chi connectivity index (χ3n) is 7.81. The summed E-state index contributed by atoms with van der Waals surface area (Å²) in [5, 5.41) is 18.6. The van der Waals surface area contributed by atoms with E-state index in [1.54, 1.807) is 0 Å². The van der Waals surface area contributed by atoms with Gasteiger partial charge < -0.3 is 14.9 Å². The topological polar surface area (TPSA) is 49.7 Å². The van der Waals surface area contributed by atoms with E-state index in [1.165, 1.54) is 167 Å². The van der Waals surface area contributed by atoms with E-state index in [0.717, 1.165) is 6.61 Å². The van der Waals surface area contributed by atoms with E-state index >= 15 is 0 Å². The first kappa shape index (κ1) is 35.9. The maximum Gasteiger partial charge on any atom is 0.100 e. The molecule has 3 heteroatoms. The molecule has 0 rings (SSSR count). The van der Waals surface area contributed by atoms with E-state index in [2.05, 4.69) is 13.8 Å². The molecule has 0 bridgehead atoms. The molecule has 0 aromatic carbocycles. The molecule has 2 N–H and O–H groups in total. The summed E-state index contributed by atoms with van der Waals surface area (Å²) in [6.45, 7) is 5.38. The van der Waals surface area contributed by atoms with Crippen molar-refractivity contribution < 1.29 is 14.9 Å². The minimum Gasteiger partial charge on any atom is -0.394 e.